The minimum atomic E-state index is -0.389. The van der Waals surface area contributed by atoms with E-state index in [1.807, 2.05) is 28.8 Å². The number of aromatic nitrogens is 3. The Hall–Kier alpha value is -1.28. The van der Waals surface area contributed by atoms with Crippen molar-refractivity contribution in [2.45, 2.75) is 43.9 Å². The molecule has 1 unspecified atom stereocenters. The molecule has 0 amide bonds. The molecule has 0 bridgehead atoms. The third kappa shape index (κ3) is 5.08. The molecule has 1 aromatic carbocycles. The Kier molecular flexibility index (Phi) is 7.00. The first-order chi connectivity index (χ1) is 14.1. The zero-order valence-corrected chi connectivity index (χ0v) is 18.6. The molecule has 6 nitrogen and oxygen atoms in total. The number of aliphatic hydroxyl groups is 1. The molecular weight excluding hydrogens is 406 g/mol. The number of likely N-dealkylation sites (tertiary alicyclic amines) is 1. The van der Waals surface area contributed by atoms with E-state index in [2.05, 4.69) is 26.9 Å². The highest BCUT2D eigenvalue weighted by molar-refractivity contribution is 7.99. The highest BCUT2D eigenvalue weighted by atomic mass is 35.5. The number of piperidine rings is 1. The molecule has 0 saturated carbocycles. The van der Waals surface area contributed by atoms with Crippen LogP contribution in [-0.2, 0) is 0 Å². The lowest BCUT2D eigenvalue weighted by Gasteiger charge is -2.31. The van der Waals surface area contributed by atoms with Gasteiger partial charge in [0, 0.05) is 25.4 Å². The van der Waals surface area contributed by atoms with Crippen molar-refractivity contribution in [3.63, 3.8) is 0 Å². The number of halogens is 1. The molecule has 158 valence electrons. The highest BCUT2D eigenvalue weighted by Gasteiger charge is 2.24. The fourth-order valence-electron chi connectivity index (χ4n) is 4.09. The van der Waals surface area contributed by atoms with Gasteiger partial charge in [-0.05, 0) is 56.8 Å². The Morgan fingerprint density at radius 1 is 1.14 bits per heavy atom. The molecule has 0 radical (unpaired) electrons. The van der Waals surface area contributed by atoms with Crippen LogP contribution >= 0.6 is 23.4 Å². The van der Waals surface area contributed by atoms with Crippen molar-refractivity contribution >= 4 is 29.3 Å². The van der Waals surface area contributed by atoms with Gasteiger partial charge in [-0.3, -0.25) is 4.57 Å². The summed E-state index contributed by atoms with van der Waals surface area (Å²) in [6, 6.07) is 7.81. The summed E-state index contributed by atoms with van der Waals surface area (Å²) in [6.45, 7) is 7.17. The summed E-state index contributed by atoms with van der Waals surface area (Å²) in [6.07, 6.45) is 4.40. The van der Waals surface area contributed by atoms with Gasteiger partial charge in [-0.15, -0.1) is 10.2 Å². The van der Waals surface area contributed by atoms with Crippen molar-refractivity contribution in [1.29, 1.82) is 0 Å². The first-order valence-electron chi connectivity index (χ1n) is 10.6. The standard InChI is InChI=1S/C21H30ClN5OS/c1-16-8-12-25(13-9-16)14-17(28)15-29-21-24-23-20(26-10-4-5-11-26)27(21)19-7-3-2-6-18(19)22/h2-3,6-7,16-17,28H,4-5,8-15H2,1H3. The van der Waals surface area contributed by atoms with Crippen molar-refractivity contribution in [3.05, 3.63) is 29.3 Å². The van der Waals surface area contributed by atoms with Crippen LogP contribution in [-0.4, -0.2) is 69.4 Å². The Bertz CT molecular complexity index is 802. The van der Waals surface area contributed by atoms with E-state index in [1.54, 1.807) is 11.8 Å². The summed E-state index contributed by atoms with van der Waals surface area (Å²) in [7, 11) is 0. The number of hydrogen-bond donors (Lipinski definition) is 1. The van der Waals surface area contributed by atoms with E-state index in [1.165, 1.54) is 25.7 Å². The fourth-order valence-corrected chi connectivity index (χ4v) is 5.16. The Balaban J connectivity index is 1.47. The van der Waals surface area contributed by atoms with Crippen LogP contribution in [0.4, 0.5) is 5.95 Å². The molecule has 0 aliphatic carbocycles. The van der Waals surface area contributed by atoms with Gasteiger partial charge in [0.1, 0.15) is 0 Å². The van der Waals surface area contributed by atoms with Crippen LogP contribution in [0.1, 0.15) is 32.6 Å². The molecule has 8 heteroatoms. The predicted octanol–water partition coefficient (Wildman–Crippen LogP) is 3.71. The van der Waals surface area contributed by atoms with Crippen LogP contribution in [0.25, 0.3) is 5.69 Å². The van der Waals surface area contributed by atoms with E-state index in [0.29, 0.717) is 10.8 Å². The maximum Gasteiger partial charge on any atom is 0.232 e. The van der Waals surface area contributed by atoms with Gasteiger partial charge in [-0.1, -0.05) is 42.4 Å². The lowest BCUT2D eigenvalue weighted by Crippen LogP contribution is -2.39. The van der Waals surface area contributed by atoms with Gasteiger partial charge in [0.25, 0.3) is 0 Å². The average Bonchev–Trinajstić information content (AvgIpc) is 3.38. The zero-order valence-electron chi connectivity index (χ0n) is 17.0. The van der Waals surface area contributed by atoms with Crippen molar-refractivity contribution in [1.82, 2.24) is 19.7 Å². The second-order valence-electron chi connectivity index (χ2n) is 8.21. The minimum Gasteiger partial charge on any atom is -0.391 e. The number of nitrogens with zero attached hydrogens (tertiary/aromatic N) is 5. The second kappa shape index (κ2) is 9.69. The first kappa shape index (κ1) is 21.0. The number of β-amino-alcohol motifs (C(OH)–C–C–N with tert-alkyl or cyclic N) is 1. The molecule has 2 saturated heterocycles. The van der Waals surface area contributed by atoms with Gasteiger partial charge in [-0.25, -0.2) is 0 Å². The third-order valence-corrected chi connectivity index (χ3v) is 7.24. The predicted molar refractivity (Wildman–Crippen MR) is 119 cm³/mol. The quantitative estimate of drug-likeness (QED) is 0.669. The summed E-state index contributed by atoms with van der Waals surface area (Å²) in [4.78, 5) is 4.64. The van der Waals surface area contributed by atoms with Crippen molar-refractivity contribution in [3.8, 4) is 5.69 Å². The molecule has 0 spiro atoms. The molecule has 2 aliphatic heterocycles. The number of benzene rings is 1. The van der Waals surface area contributed by atoms with Crippen molar-refractivity contribution < 1.29 is 5.11 Å². The molecule has 1 aromatic heterocycles. The minimum absolute atomic E-state index is 0.389. The maximum atomic E-state index is 10.6. The fraction of sp³-hybridized carbons (Fsp3) is 0.619. The van der Waals surface area contributed by atoms with E-state index >= 15 is 0 Å². The van der Waals surface area contributed by atoms with Crippen LogP contribution in [0.3, 0.4) is 0 Å². The van der Waals surface area contributed by atoms with Gasteiger partial charge in [0.15, 0.2) is 5.16 Å². The van der Waals surface area contributed by atoms with Gasteiger partial charge in [0.05, 0.1) is 16.8 Å². The number of hydrogen-bond acceptors (Lipinski definition) is 6. The summed E-state index contributed by atoms with van der Waals surface area (Å²) < 4.78 is 2.05. The average molecular weight is 436 g/mol. The van der Waals surface area contributed by atoms with Crippen LogP contribution < -0.4 is 4.90 Å². The number of anilines is 1. The molecule has 1 N–H and O–H groups in total. The Morgan fingerprint density at radius 3 is 2.59 bits per heavy atom. The number of aliphatic hydroxyl groups excluding tert-OH is 1. The first-order valence-corrected chi connectivity index (χ1v) is 12.0. The number of rotatable bonds is 7. The summed E-state index contributed by atoms with van der Waals surface area (Å²) in [5.41, 5.74) is 0.892. The smallest absolute Gasteiger partial charge is 0.232 e. The second-order valence-corrected chi connectivity index (χ2v) is 9.61. The topological polar surface area (TPSA) is 57.4 Å². The van der Waals surface area contributed by atoms with Crippen LogP contribution in [0.2, 0.25) is 5.02 Å². The Morgan fingerprint density at radius 2 is 1.86 bits per heavy atom. The third-order valence-electron chi connectivity index (χ3n) is 5.85. The molecule has 2 aliphatic rings. The SMILES string of the molecule is CC1CCN(CC(O)CSc2nnc(N3CCCC3)n2-c2ccccc2Cl)CC1. The summed E-state index contributed by atoms with van der Waals surface area (Å²) >= 11 is 8.06. The summed E-state index contributed by atoms with van der Waals surface area (Å²) in [5, 5.41) is 21.0. The van der Waals surface area contributed by atoms with Gasteiger partial charge in [0.2, 0.25) is 5.95 Å². The lowest BCUT2D eigenvalue weighted by atomic mass is 9.99. The van der Waals surface area contributed by atoms with Crippen molar-refractivity contribution in [2.24, 2.45) is 5.92 Å². The molecule has 3 heterocycles. The van der Waals surface area contributed by atoms with Crippen LogP contribution in [0.15, 0.2) is 29.4 Å². The Labute approximate surface area is 182 Å². The molecular formula is C21H30ClN5OS. The summed E-state index contributed by atoms with van der Waals surface area (Å²) in [5.74, 6) is 2.24. The van der Waals surface area contributed by atoms with Gasteiger partial charge < -0.3 is 14.9 Å². The molecule has 4 rings (SSSR count). The molecule has 29 heavy (non-hydrogen) atoms. The van der Waals surface area contributed by atoms with Crippen molar-refractivity contribution in [2.75, 3.05) is 43.4 Å². The van der Waals surface area contributed by atoms with E-state index in [9.17, 15) is 5.11 Å². The number of para-hydroxylation sites is 1. The van der Waals surface area contributed by atoms with Gasteiger partial charge >= 0.3 is 0 Å². The van der Waals surface area contributed by atoms with E-state index in [0.717, 1.165) is 55.4 Å². The highest BCUT2D eigenvalue weighted by Crippen LogP contribution is 2.32. The van der Waals surface area contributed by atoms with E-state index < -0.39 is 0 Å². The monoisotopic (exact) mass is 435 g/mol. The largest absolute Gasteiger partial charge is 0.391 e. The molecule has 2 aromatic rings. The molecule has 2 fully saturated rings. The normalized spacial score (nSPS) is 19.8. The number of thioether (sulfide) groups is 1. The maximum absolute atomic E-state index is 10.6. The zero-order chi connectivity index (χ0) is 20.2. The van der Waals surface area contributed by atoms with E-state index in [-0.39, 0.29) is 6.10 Å². The van der Waals surface area contributed by atoms with Gasteiger partial charge in [-0.2, -0.15) is 0 Å². The molecule has 1 atom stereocenters. The van der Waals surface area contributed by atoms with E-state index in [4.69, 9.17) is 11.6 Å². The lowest BCUT2D eigenvalue weighted by molar-refractivity contribution is 0.105. The van der Waals surface area contributed by atoms with Crippen LogP contribution in [0, 0.1) is 5.92 Å². The van der Waals surface area contributed by atoms with Crippen LogP contribution in [0.5, 0.6) is 0 Å².